The minimum atomic E-state index is -1.39. The third-order valence-corrected chi connectivity index (χ3v) is 5.65. The van der Waals surface area contributed by atoms with Crippen LogP contribution in [0, 0.1) is 11.3 Å². The minimum Gasteiger partial charge on any atom is -0.461 e. The van der Waals surface area contributed by atoms with Gasteiger partial charge in [-0.3, -0.25) is 4.79 Å². The summed E-state index contributed by atoms with van der Waals surface area (Å²) in [5, 5.41) is 10.6. The molecule has 0 aliphatic heterocycles. The molecule has 5 heteroatoms. The number of carbonyl (C=O) groups is 1. The molecule has 0 N–H and O–H groups in total. The Morgan fingerprint density at radius 2 is 1.82 bits per heavy atom. The van der Waals surface area contributed by atoms with Crippen molar-refractivity contribution in [3.8, 4) is 6.07 Å². The number of carbonyl (C=O) groups excluding carboxylic acids is 1. The predicted octanol–water partition coefficient (Wildman–Crippen LogP) is 2.81. The Morgan fingerprint density at radius 3 is 2.23 bits per heavy atom. The van der Waals surface area contributed by atoms with Gasteiger partial charge in [0, 0.05) is 7.11 Å². The number of nitriles is 1. The van der Waals surface area contributed by atoms with Gasteiger partial charge in [0.2, 0.25) is 0 Å². The maximum absolute atomic E-state index is 12.1. The Kier molecular flexibility index (Phi) is 5.92. The van der Waals surface area contributed by atoms with Gasteiger partial charge in [0.15, 0.2) is 5.92 Å². The molecular weight excluding hydrogens is 294 g/mol. The van der Waals surface area contributed by atoms with Crippen molar-refractivity contribution in [1.82, 2.24) is 0 Å². The van der Waals surface area contributed by atoms with Crippen LogP contribution in [0.2, 0.25) is 19.6 Å². The Hall–Kier alpha value is -1.64. The summed E-state index contributed by atoms with van der Waals surface area (Å²) in [6.45, 7) is 10.5. The number of esters is 1. The van der Waals surface area contributed by atoms with Crippen molar-refractivity contribution in [2.24, 2.45) is 0 Å². The maximum atomic E-state index is 12.1. The lowest BCUT2D eigenvalue weighted by atomic mass is 10.0. The SMILES string of the molecule is COC(C)(C)COC(=O)C(C#N)c1ccc([Si](C)(C)C)cc1. The molecule has 1 aromatic rings. The van der Waals surface area contributed by atoms with E-state index < -0.39 is 25.6 Å². The molecular formula is C17H25NO3Si. The Balaban J connectivity index is 2.84. The van der Waals surface area contributed by atoms with Gasteiger partial charge in [0.05, 0.1) is 19.7 Å². The average Bonchev–Trinajstić information content (AvgIpc) is 2.46. The van der Waals surface area contributed by atoms with Crippen molar-refractivity contribution in [2.75, 3.05) is 13.7 Å². The van der Waals surface area contributed by atoms with Crippen molar-refractivity contribution in [3.63, 3.8) is 0 Å². The molecule has 1 atom stereocenters. The Bertz CT molecular complexity index is 553. The van der Waals surface area contributed by atoms with E-state index in [1.165, 1.54) is 5.19 Å². The van der Waals surface area contributed by atoms with Crippen LogP contribution in [0.4, 0.5) is 0 Å². The Morgan fingerprint density at radius 1 is 1.27 bits per heavy atom. The molecule has 22 heavy (non-hydrogen) atoms. The summed E-state index contributed by atoms with van der Waals surface area (Å²) < 4.78 is 10.4. The topological polar surface area (TPSA) is 59.3 Å². The lowest BCUT2D eigenvalue weighted by Crippen LogP contribution is -2.37. The third kappa shape index (κ3) is 4.97. The summed E-state index contributed by atoms with van der Waals surface area (Å²) in [7, 11) is 0.171. The molecule has 120 valence electrons. The summed E-state index contributed by atoms with van der Waals surface area (Å²) in [5.74, 6) is -1.43. The highest BCUT2D eigenvalue weighted by atomic mass is 28.3. The molecule has 1 unspecified atom stereocenters. The van der Waals surface area contributed by atoms with Gasteiger partial charge < -0.3 is 9.47 Å². The summed E-state index contributed by atoms with van der Waals surface area (Å²) in [6, 6.07) is 9.75. The standard InChI is InChI=1S/C17H25NO3Si/c1-17(2,20-3)12-21-16(19)15(11-18)13-7-9-14(10-8-13)22(4,5)6/h7-10,15H,12H2,1-6H3. The predicted molar refractivity (Wildman–Crippen MR) is 89.8 cm³/mol. The van der Waals surface area contributed by atoms with Crippen molar-refractivity contribution in [3.05, 3.63) is 29.8 Å². The molecule has 0 fully saturated rings. The van der Waals surface area contributed by atoms with Gasteiger partial charge in [-0.25, -0.2) is 0 Å². The number of nitrogens with zero attached hydrogens (tertiary/aromatic N) is 1. The van der Waals surface area contributed by atoms with Gasteiger partial charge in [-0.1, -0.05) is 49.1 Å². The van der Waals surface area contributed by atoms with Crippen molar-refractivity contribution in [1.29, 1.82) is 5.26 Å². The first-order chi connectivity index (χ1) is 10.1. The zero-order valence-corrected chi connectivity index (χ0v) is 15.3. The molecule has 0 radical (unpaired) electrons. The minimum absolute atomic E-state index is 0.119. The van der Waals surface area contributed by atoms with Gasteiger partial charge in [0.1, 0.15) is 6.61 Å². The second kappa shape index (κ2) is 7.08. The van der Waals surface area contributed by atoms with E-state index in [9.17, 15) is 10.1 Å². The number of benzene rings is 1. The summed E-state index contributed by atoms with van der Waals surface area (Å²) in [5.41, 5.74) is 0.113. The zero-order chi connectivity index (χ0) is 17.0. The average molecular weight is 319 g/mol. The largest absolute Gasteiger partial charge is 0.461 e. The molecule has 4 nitrogen and oxygen atoms in total. The first-order valence-corrected chi connectivity index (χ1v) is 10.8. The third-order valence-electron chi connectivity index (χ3n) is 3.59. The zero-order valence-electron chi connectivity index (χ0n) is 14.3. The van der Waals surface area contributed by atoms with Gasteiger partial charge in [-0.15, -0.1) is 0 Å². The van der Waals surface area contributed by atoms with E-state index in [0.29, 0.717) is 5.56 Å². The maximum Gasteiger partial charge on any atom is 0.328 e. The fourth-order valence-corrected chi connectivity index (χ4v) is 2.99. The number of ether oxygens (including phenoxy) is 2. The van der Waals surface area contributed by atoms with E-state index in [1.807, 2.05) is 44.2 Å². The highest BCUT2D eigenvalue weighted by Crippen LogP contribution is 2.18. The molecule has 0 aliphatic carbocycles. The van der Waals surface area contributed by atoms with Crippen LogP contribution < -0.4 is 5.19 Å². The van der Waals surface area contributed by atoms with Gasteiger partial charge in [-0.05, 0) is 19.4 Å². The summed E-state index contributed by atoms with van der Waals surface area (Å²) >= 11 is 0. The second-order valence-electron chi connectivity index (χ2n) is 7.01. The van der Waals surface area contributed by atoms with Crippen LogP contribution in [-0.2, 0) is 14.3 Å². The van der Waals surface area contributed by atoms with Crippen molar-refractivity contribution >= 4 is 19.2 Å². The van der Waals surface area contributed by atoms with Gasteiger partial charge >= 0.3 is 5.97 Å². The molecule has 0 spiro atoms. The summed E-state index contributed by atoms with van der Waals surface area (Å²) in [4.78, 5) is 12.1. The van der Waals surface area contributed by atoms with Crippen molar-refractivity contribution in [2.45, 2.75) is 45.0 Å². The fourth-order valence-electron chi connectivity index (χ4n) is 1.83. The van der Waals surface area contributed by atoms with Crippen LogP contribution in [0.1, 0.15) is 25.3 Å². The molecule has 0 saturated heterocycles. The first kappa shape index (κ1) is 18.4. The van der Waals surface area contributed by atoms with Crippen molar-refractivity contribution < 1.29 is 14.3 Å². The van der Waals surface area contributed by atoms with E-state index in [-0.39, 0.29) is 6.61 Å². The van der Waals surface area contributed by atoms with Crippen LogP contribution in [0.3, 0.4) is 0 Å². The molecule has 0 saturated carbocycles. The highest BCUT2D eigenvalue weighted by Gasteiger charge is 2.26. The molecule has 0 aromatic heterocycles. The first-order valence-electron chi connectivity index (χ1n) is 7.32. The fraction of sp³-hybridized carbons (Fsp3) is 0.529. The number of methoxy groups -OCH3 is 1. The number of hydrogen-bond donors (Lipinski definition) is 0. The van der Waals surface area contributed by atoms with Crippen LogP contribution in [0.25, 0.3) is 0 Å². The second-order valence-corrected chi connectivity index (χ2v) is 12.1. The molecule has 1 aromatic carbocycles. The van der Waals surface area contributed by atoms with E-state index in [2.05, 4.69) is 19.6 Å². The van der Waals surface area contributed by atoms with Crippen LogP contribution >= 0.6 is 0 Å². The van der Waals surface area contributed by atoms with E-state index in [1.54, 1.807) is 7.11 Å². The van der Waals surface area contributed by atoms with Crippen LogP contribution in [0.5, 0.6) is 0 Å². The Labute approximate surface area is 134 Å². The molecule has 0 aliphatic rings. The summed E-state index contributed by atoms with van der Waals surface area (Å²) in [6.07, 6.45) is 0. The quantitative estimate of drug-likeness (QED) is 0.597. The van der Waals surface area contributed by atoms with Crippen LogP contribution in [-0.4, -0.2) is 33.4 Å². The van der Waals surface area contributed by atoms with Crippen LogP contribution in [0.15, 0.2) is 24.3 Å². The van der Waals surface area contributed by atoms with E-state index >= 15 is 0 Å². The normalized spacial score (nSPS) is 13.3. The number of rotatable bonds is 6. The molecule has 0 bridgehead atoms. The van der Waals surface area contributed by atoms with Gasteiger partial charge in [0.25, 0.3) is 0 Å². The lowest BCUT2D eigenvalue weighted by molar-refractivity contribution is -0.151. The van der Waals surface area contributed by atoms with E-state index in [4.69, 9.17) is 9.47 Å². The molecule has 0 amide bonds. The number of hydrogen-bond acceptors (Lipinski definition) is 4. The smallest absolute Gasteiger partial charge is 0.328 e. The van der Waals surface area contributed by atoms with E-state index in [0.717, 1.165) is 0 Å². The molecule has 1 rings (SSSR count). The molecule has 0 heterocycles. The monoisotopic (exact) mass is 319 g/mol. The van der Waals surface area contributed by atoms with Gasteiger partial charge in [-0.2, -0.15) is 5.26 Å². The highest BCUT2D eigenvalue weighted by molar-refractivity contribution is 6.88. The lowest BCUT2D eigenvalue weighted by Gasteiger charge is -2.23.